The van der Waals surface area contributed by atoms with Gasteiger partial charge < -0.3 is 9.47 Å². The fourth-order valence-corrected chi connectivity index (χ4v) is 2.55. The summed E-state index contributed by atoms with van der Waals surface area (Å²) in [5, 5.41) is 0. The third kappa shape index (κ3) is 3.74. The lowest BCUT2D eigenvalue weighted by Gasteiger charge is -2.44. The van der Waals surface area contributed by atoms with Crippen LogP contribution in [0.15, 0.2) is 0 Å². The van der Waals surface area contributed by atoms with Crippen LogP contribution in [0.1, 0.15) is 60.3 Å². The molecule has 0 saturated carbocycles. The number of unbranched alkanes of at least 4 members (excludes halogenated alkanes) is 2. The Morgan fingerprint density at radius 1 is 1.25 bits per heavy atom. The molecular formula is C14H28O2. The summed E-state index contributed by atoms with van der Waals surface area (Å²) in [6.45, 7) is 12.0. The van der Waals surface area contributed by atoms with Gasteiger partial charge in [-0.15, -0.1) is 0 Å². The molecule has 0 radical (unpaired) electrons. The van der Waals surface area contributed by atoms with Crippen LogP contribution in [0.25, 0.3) is 0 Å². The molecule has 1 heterocycles. The molecule has 0 amide bonds. The van der Waals surface area contributed by atoms with E-state index in [1.165, 1.54) is 19.3 Å². The van der Waals surface area contributed by atoms with Crippen LogP contribution in [0.5, 0.6) is 0 Å². The van der Waals surface area contributed by atoms with Crippen molar-refractivity contribution in [3.05, 3.63) is 0 Å². The van der Waals surface area contributed by atoms with Crippen LogP contribution in [-0.4, -0.2) is 19.0 Å². The zero-order valence-electron chi connectivity index (χ0n) is 11.6. The second-order valence-corrected chi connectivity index (χ2v) is 6.03. The molecule has 0 spiro atoms. The summed E-state index contributed by atoms with van der Waals surface area (Å²) in [5.74, 6) is 0.563. The molecule has 0 aromatic carbocycles. The van der Waals surface area contributed by atoms with Crippen LogP contribution >= 0.6 is 0 Å². The van der Waals surface area contributed by atoms with Crippen molar-refractivity contribution in [2.75, 3.05) is 6.61 Å². The summed E-state index contributed by atoms with van der Waals surface area (Å²) in [7, 11) is 0. The molecule has 1 rings (SSSR count). The number of rotatable bonds is 5. The second-order valence-electron chi connectivity index (χ2n) is 6.03. The highest BCUT2D eigenvalue weighted by Crippen LogP contribution is 2.35. The third-order valence-corrected chi connectivity index (χ3v) is 3.36. The third-order valence-electron chi connectivity index (χ3n) is 3.36. The molecule has 2 atom stereocenters. The molecule has 2 nitrogen and oxygen atoms in total. The summed E-state index contributed by atoms with van der Waals surface area (Å²) in [5.41, 5.74) is 0.148. The van der Waals surface area contributed by atoms with Gasteiger partial charge in [0.25, 0.3) is 0 Å². The lowest BCUT2D eigenvalue weighted by atomic mass is 9.80. The van der Waals surface area contributed by atoms with Gasteiger partial charge in [0.05, 0.1) is 12.7 Å². The van der Waals surface area contributed by atoms with E-state index in [2.05, 4.69) is 34.6 Å². The maximum Gasteiger partial charge on any atom is 0.158 e. The zero-order chi connectivity index (χ0) is 12.2. The molecule has 0 aromatic rings. The Kier molecular flexibility index (Phi) is 5.26. The highest BCUT2D eigenvalue weighted by molar-refractivity contribution is 4.84. The van der Waals surface area contributed by atoms with E-state index in [9.17, 15) is 0 Å². The Morgan fingerprint density at radius 2 is 1.94 bits per heavy atom. The molecule has 0 aromatic heterocycles. The number of ether oxygens (including phenoxy) is 2. The summed E-state index contributed by atoms with van der Waals surface area (Å²) in [6.07, 6.45) is 5.16. The topological polar surface area (TPSA) is 18.5 Å². The average molecular weight is 228 g/mol. The van der Waals surface area contributed by atoms with E-state index in [0.29, 0.717) is 12.0 Å². The first-order chi connectivity index (χ1) is 7.47. The van der Waals surface area contributed by atoms with Gasteiger partial charge in [0.2, 0.25) is 0 Å². The molecular weight excluding hydrogens is 200 g/mol. The molecule has 96 valence electrons. The van der Waals surface area contributed by atoms with Gasteiger partial charge in [0.15, 0.2) is 6.29 Å². The van der Waals surface area contributed by atoms with Crippen LogP contribution in [0.2, 0.25) is 0 Å². The quantitative estimate of drug-likeness (QED) is 0.662. The van der Waals surface area contributed by atoms with Crippen molar-refractivity contribution in [2.24, 2.45) is 11.3 Å². The minimum Gasteiger partial charge on any atom is -0.352 e. The van der Waals surface area contributed by atoms with Gasteiger partial charge in [-0.25, -0.2) is 0 Å². The SMILES string of the molecule is CCCCC[C@@H]1OCC(C)(C)[C@H](C(C)C)O1. The highest BCUT2D eigenvalue weighted by atomic mass is 16.7. The van der Waals surface area contributed by atoms with Crippen molar-refractivity contribution < 1.29 is 9.47 Å². The molecule has 0 N–H and O–H groups in total. The minimum absolute atomic E-state index is 0.0342. The molecule has 16 heavy (non-hydrogen) atoms. The molecule has 2 heteroatoms. The maximum absolute atomic E-state index is 6.09. The lowest BCUT2D eigenvalue weighted by molar-refractivity contribution is -0.271. The second kappa shape index (κ2) is 6.02. The van der Waals surface area contributed by atoms with Gasteiger partial charge in [-0.05, 0) is 18.8 Å². The highest BCUT2D eigenvalue weighted by Gasteiger charge is 2.39. The van der Waals surface area contributed by atoms with Crippen molar-refractivity contribution in [2.45, 2.75) is 72.7 Å². The summed E-state index contributed by atoms with van der Waals surface area (Å²) >= 11 is 0. The molecule has 1 aliphatic rings. The van der Waals surface area contributed by atoms with E-state index < -0.39 is 0 Å². The van der Waals surface area contributed by atoms with Gasteiger partial charge >= 0.3 is 0 Å². The normalized spacial score (nSPS) is 29.6. The van der Waals surface area contributed by atoms with Crippen molar-refractivity contribution in [1.29, 1.82) is 0 Å². The first-order valence-corrected chi connectivity index (χ1v) is 6.74. The predicted molar refractivity (Wildman–Crippen MR) is 67.4 cm³/mol. The van der Waals surface area contributed by atoms with Gasteiger partial charge in [-0.3, -0.25) is 0 Å². The number of hydrogen-bond acceptors (Lipinski definition) is 2. The van der Waals surface area contributed by atoms with Gasteiger partial charge in [0.1, 0.15) is 0 Å². The maximum atomic E-state index is 6.09. The van der Waals surface area contributed by atoms with Gasteiger partial charge in [-0.2, -0.15) is 0 Å². The van der Waals surface area contributed by atoms with Crippen LogP contribution in [0, 0.1) is 11.3 Å². The molecule has 0 aliphatic carbocycles. The fraction of sp³-hybridized carbons (Fsp3) is 1.00. The molecule has 1 fully saturated rings. The summed E-state index contributed by atoms with van der Waals surface area (Å²) < 4.78 is 11.9. The van der Waals surface area contributed by atoms with E-state index in [-0.39, 0.29) is 11.7 Å². The first-order valence-electron chi connectivity index (χ1n) is 6.74. The standard InChI is InChI=1S/C14H28O2/c1-6-7-8-9-12-15-10-14(4,5)13(16-12)11(2)3/h11-13H,6-10H2,1-5H3/t12-,13+/m1/s1. The van der Waals surface area contributed by atoms with E-state index in [1.54, 1.807) is 0 Å². The van der Waals surface area contributed by atoms with Crippen molar-refractivity contribution in [3.63, 3.8) is 0 Å². The van der Waals surface area contributed by atoms with Crippen LogP contribution < -0.4 is 0 Å². The summed E-state index contributed by atoms with van der Waals surface area (Å²) in [6, 6.07) is 0. The van der Waals surface area contributed by atoms with Crippen LogP contribution in [-0.2, 0) is 9.47 Å². The Morgan fingerprint density at radius 3 is 2.50 bits per heavy atom. The van der Waals surface area contributed by atoms with E-state index >= 15 is 0 Å². The Balaban J connectivity index is 2.43. The monoisotopic (exact) mass is 228 g/mol. The largest absolute Gasteiger partial charge is 0.352 e. The van der Waals surface area contributed by atoms with E-state index in [0.717, 1.165) is 13.0 Å². The van der Waals surface area contributed by atoms with Gasteiger partial charge in [-0.1, -0.05) is 47.5 Å². The van der Waals surface area contributed by atoms with Crippen LogP contribution in [0.4, 0.5) is 0 Å². The first kappa shape index (κ1) is 14.0. The van der Waals surface area contributed by atoms with Crippen molar-refractivity contribution in [3.8, 4) is 0 Å². The van der Waals surface area contributed by atoms with E-state index in [1.807, 2.05) is 0 Å². The molecule has 1 aliphatic heterocycles. The van der Waals surface area contributed by atoms with E-state index in [4.69, 9.17) is 9.47 Å². The number of hydrogen-bond donors (Lipinski definition) is 0. The smallest absolute Gasteiger partial charge is 0.158 e. The Labute approximate surface area is 101 Å². The summed E-state index contributed by atoms with van der Waals surface area (Å²) in [4.78, 5) is 0. The lowest BCUT2D eigenvalue weighted by Crippen LogP contribution is -2.48. The average Bonchev–Trinajstić information content (AvgIpc) is 2.20. The van der Waals surface area contributed by atoms with Crippen molar-refractivity contribution in [1.82, 2.24) is 0 Å². The Hall–Kier alpha value is -0.0800. The van der Waals surface area contributed by atoms with Crippen molar-refractivity contribution >= 4 is 0 Å². The fourth-order valence-electron chi connectivity index (χ4n) is 2.55. The van der Waals surface area contributed by atoms with Gasteiger partial charge in [0, 0.05) is 5.41 Å². The van der Waals surface area contributed by atoms with Crippen LogP contribution in [0.3, 0.4) is 0 Å². The Bertz CT molecular complexity index is 199. The molecule has 0 bridgehead atoms. The molecule has 0 unspecified atom stereocenters. The zero-order valence-corrected chi connectivity index (χ0v) is 11.6. The minimum atomic E-state index is 0.0342. The molecule has 1 saturated heterocycles. The predicted octanol–water partition coefficient (Wildman–Crippen LogP) is 3.99.